The van der Waals surface area contributed by atoms with Crippen LogP contribution in [0.2, 0.25) is 19.6 Å². The van der Waals surface area contributed by atoms with Gasteiger partial charge in [-0.1, -0.05) is 19.6 Å². The summed E-state index contributed by atoms with van der Waals surface area (Å²) in [5.74, 6) is 0. The average molecular weight is 387 g/mol. The molecule has 0 N–H and O–H groups in total. The largest absolute Gasteiger partial charge is 0.415 e. The van der Waals surface area contributed by atoms with Gasteiger partial charge in [0.05, 0.1) is 17.1 Å². The molecule has 0 unspecified atom stereocenters. The summed E-state index contributed by atoms with van der Waals surface area (Å²) in [5.41, 5.74) is 6.66. The fraction of sp³-hybridized carbons (Fsp3) is 0.500. The molecule has 0 spiro atoms. The minimum Gasteiger partial charge on any atom is -0.257 e. The van der Waals surface area contributed by atoms with Crippen molar-refractivity contribution >= 4 is 15.7 Å². The molecule has 140 valence electrons. The fourth-order valence-corrected chi connectivity index (χ4v) is 16.8. The lowest BCUT2D eigenvalue weighted by molar-refractivity contribution is 0.711. The maximum atomic E-state index is 4.99. The standard InChI is InChI=1S/C18H30N6Si2/c1-13-10-16(4)22(19-13)26(25(7,8)9,23-17(5)11-14(2)20-23)24-18(6)12-15(3)21-24/h10-12H,1-9H3. The molecule has 0 fully saturated rings. The first-order chi connectivity index (χ1) is 12.0. The van der Waals surface area contributed by atoms with Crippen LogP contribution >= 0.6 is 0 Å². The second-order valence-electron chi connectivity index (χ2n) is 8.40. The zero-order valence-corrected chi connectivity index (χ0v) is 19.4. The van der Waals surface area contributed by atoms with E-state index in [1.807, 2.05) is 0 Å². The van der Waals surface area contributed by atoms with Crippen LogP contribution in [-0.2, 0) is 0 Å². The van der Waals surface area contributed by atoms with E-state index in [-0.39, 0.29) is 0 Å². The van der Waals surface area contributed by atoms with Crippen molar-refractivity contribution in [2.24, 2.45) is 0 Å². The molecule has 0 aromatic carbocycles. The molecule has 3 heterocycles. The molecule has 8 heteroatoms. The van der Waals surface area contributed by atoms with Crippen LogP contribution in [0.4, 0.5) is 0 Å². The highest BCUT2D eigenvalue weighted by molar-refractivity contribution is 7.39. The molecule has 0 amide bonds. The number of hydrogen-bond donors (Lipinski definition) is 0. The van der Waals surface area contributed by atoms with Gasteiger partial charge in [0.2, 0.25) is 0 Å². The molecule has 3 aromatic rings. The Morgan fingerprint density at radius 1 is 0.577 bits per heavy atom. The molecule has 0 bridgehead atoms. The highest BCUT2D eigenvalue weighted by Crippen LogP contribution is 2.29. The highest BCUT2D eigenvalue weighted by Gasteiger charge is 2.58. The number of hydrogen-bond acceptors (Lipinski definition) is 3. The van der Waals surface area contributed by atoms with Crippen molar-refractivity contribution in [3.8, 4) is 0 Å². The average Bonchev–Trinajstić information content (AvgIpc) is 3.10. The summed E-state index contributed by atoms with van der Waals surface area (Å²) in [6.07, 6.45) is 0. The van der Waals surface area contributed by atoms with Crippen LogP contribution in [0.25, 0.3) is 0 Å². The zero-order valence-electron chi connectivity index (χ0n) is 17.4. The van der Waals surface area contributed by atoms with Gasteiger partial charge in [0.25, 0.3) is 0 Å². The van der Waals surface area contributed by atoms with Crippen LogP contribution < -0.4 is 0 Å². The molecule has 0 aliphatic heterocycles. The Morgan fingerprint density at radius 2 is 0.846 bits per heavy atom. The molecule has 0 radical (unpaired) electrons. The van der Waals surface area contributed by atoms with E-state index >= 15 is 0 Å². The van der Waals surface area contributed by atoms with Crippen molar-refractivity contribution < 1.29 is 0 Å². The molecule has 0 aliphatic carbocycles. The molecule has 0 aliphatic rings. The van der Waals surface area contributed by atoms with E-state index < -0.39 is 15.7 Å². The Morgan fingerprint density at radius 3 is 1.00 bits per heavy atom. The van der Waals surface area contributed by atoms with Crippen LogP contribution in [0.5, 0.6) is 0 Å². The second kappa shape index (κ2) is 6.05. The van der Waals surface area contributed by atoms with Crippen molar-refractivity contribution in [2.75, 3.05) is 0 Å². The summed E-state index contributed by atoms with van der Waals surface area (Å²) < 4.78 is 6.86. The smallest absolute Gasteiger partial charge is 0.257 e. The first kappa shape index (κ1) is 18.8. The highest BCUT2D eigenvalue weighted by atomic mass is 29.3. The monoisotopic (exact) mass is 386 g/mol. The van der Waals surface area contributed by atoms with Gasteiger partial charge in [-0.2, -0.15) is 15.3 Å². The van der Waals surface area contributed by atoms with Crippen LogP contribution in [0.3, 0.4) is 0 Å². The van der Waals surface area contributed by atoms with Gasteiger partial charge in [0, 0.05) is 17.1 Å². The summed E-state index contributed by atoms with van der Waals surface area (Å²) >= 11 is 0. The van der Waals surface area contributed by atoms with E-state index in [4.69, 9.17) is 15.3 Å². The normalized spacial score (nSPS) is 12.8. The number of nitrogens with zero attached hydrogens (tertiary/aromatic N) is 6. The third-order valence-corrected chi connectivity index (χ3v) is 18.0. The van der Waals surface area contributed by atoms with Crippen molar-refractivity contribution in [1.82, 2.24) is 28.3 Å². The van der Waals surface area contributed by atoms with Gasteiger partial charge in [-0.15, -0.1) is 0 Å². The fourth-order valence-electron chi connectivity index (χ4n) is 4.06. The van der Waals surface area contributed by atoms with Crippen molar-refractivity contribution in [1.29, 1.82) is 0 Å². The molecule has 3 rings (SSSR count). The van der Waals surface area contributed by atoms with E-state index in [0.29, 0.717) is 0 Å². The van der Waals surface area contributed by atoms with Crippen LogP contribution in [0.15, 0.2) is 18.2 Å². The molecule has 0 saturated heterocycles. The van der Waals surface area contributed by atoms with Gasteiger partial charge in [-0.05, 0) is 59.7 Å². The van der Waals surface area contributed by atoms with E-state index in [0.717, 1.165) is 17.1 Å². The van der Waals surface area contributed by atoms with Gasteiger partial charge in [-0.3, -0.25) is 13.0 Å². The summed E-state index contributed by atoms with van der Waals surface area (Å²) in [6.45, 7) is 19.9. The predicted octanol–water partition coefficient (Wildman–Crippen LogP) is 3.43. The van der Waals surface area contributed by atoms with Gasteiger partial charge >= 0.3 is 8.08 Å². The molecular weight excluding hydrogens is 356 g/mol. The molecular formula is C18H30N6Si2. The van der Waals surface area contributed by atoms with Gasteiger partial charge < -0.3 is 0 Å². The second-order valence-corrected chi connectivity index (χ2v) is 22.0. The Kier molecular flexibility index (Phi) is 4.39. The van der Waals surface area contributed by atoms with Crippen LogP contribution in [0, 0.1) is 41.5 Å². The maximum absolute atomic E-state index is 4.99. The SMILES string of the molecule is Cc1cc(C)n([Si](n2nc(C)cc2C)(n2nc(C)cc2C)[Si](C)(C)C)n1. The molecule has 3 aromatic heterocycles. The predicted molar refractivity (Wildman–Crippen MR) is 110 cm³/mol. The molecule has 6 nitrogen and oxygen atoms in total. The Balaban J connectivity index is 2.54. The first-order valence-electron chi connectivity index (χ1n) is 9.09. The van der Waals surface area contributed by atoms with E-state index in [1.54, 1.807) is 0 Å². The maximum Gasteiger partial charge on any atom is 0.415 e. The summed E-state index contributed by atoms with van der Waals surface area (Å²) in [4.78, 5) is 0. The van der Waals surface area contributed by atoms with E-state index in [2.05, 4.69) is 92.4 Å². The topological polar surface area (TPSA) is 53.5 Å². The Bertz CT molecular complexity index is 844. The number of rotatable bonds is 4. The summed E-state index contributed by atoms with van der Waals surface area (Å²) in [5, 5.41) is 15.0. The van der Waals surface area contributed by atoms with Crippen LogP contribution in [-0.4, -0.2) is 44.0 Å². The lowest BCUT2D eigenvalue weighted by atomic mass is 10.4. The lowest BCUT2D eigenvalue weighted by Gasteiger charge is -2.42. The molecule has 26 heavy (non-hydrogen) atoms. The van der Waals surface area contributed by atoms with Crippen LogP contribution in [0.1, 0.15) is 34.2 Å². The number of aryl methyl sites for hydroxylation is 6. The lowest BCUT2D eigenvalue weighted by Crippen LogP contribution is -2.75. The Hall–Kier alpha value is -1.94. The van der Waals surface area contributed by atoms with Gasteiger partial charge in [0.1, 0.15) is 7.59 Å². The summed E-state index contributed by atoms with van der Waals surface area (Å²) in [6, 6.07) is 6.50. The third-order valence-electron chi connectivity index (χ3n) is 4.92. The Labute approximate surface area is 157 Å². The van der Waals surface area contributed by atoms with Crippen molar-refractivity contribution in [2.45, 2.75) is 61.2 Å². The van der Waals surface area contributed by atoms with Crippen molar-refractivity contribution in [3.05, 3.63) is 52.4 Å². The first-order valence-corrected chi connectivity index (χ1v) is 15.4. The minimum atomic E-state index is -2.64. The van der Waals surface area contributed by atoms with Gasteiger partial charge in [-0.25, -0.2) is 0 Å². The quantitative estimate of drug-likeness (QED) is 0.646. The van der Waals surface area contributed by atoms with E-state index in [9.17, 15) is 0 Å². The van der Waals surface area contributed by atoms with Gasteiger partial charge in [0.15, 0.2) is 0 Å². The minimum absolute atomic E-state index is 1.04. The third kappa shape index (κ3) is 2.63. The summed E-state index contributed by atoms with van der Waals surface area (Å²) in [7, 11) is -4.51. The molecule has 0 atom stereocenters. The number of aromatic nitrogens is 6. The van der Waals surface area contributed by atoms with E-state index in [1.165, 1.54) is 17.1 Å². The van der Waals surface area contributed by atoms with Crippen molar-refractivity contribution in [3.63, 3.8) is 0 Å². The molecule has 0 saturated carbocycles. The zero-order chi connectivity index (χ0) is 19.4.